The van der Waals surface area contributed by atoms with Crippen LogP contribution < -0.4 is 11.1 Å². The first kappa shape index (κ1) is 20.9. The first-order valence-electron chi connectivity index (χ1n) is 9.14. The molecule has 1 amide bonds. The molecule has 0 spiro atoms. The van der Waals surface area contributed by atoms with Crippen LogP contribution >= 0.6 is 0 Å². The van der Waals surface area contributed by atoms with Crippen molar-refractivity contribution in [3.05, 3.63) is 28.6 Å². The molecule has 27 heavy (non-hydrogen) atoms. The van der Waals surface area contributed by atoms with Crippen molar-refractivity contribution in [1.29, 1.82) is 0 Å². The quantitative estimate of drug-likeness (QED) is 0.675. The van der Waals surface area contributed by atoms with Crippen LogP contribution in [0.5, 0.6) is 0 Å². The molecule has 7 nitrogen and oxygen atoms in total. The minimum absolute atomic E-state index is 0.0159. The number of ether oxygens (including phenoxy) is 1. The van der Waals surface area contributed by atoms with Crippen LogP contribution in [0, 0.1) is 12.8 Å². The average molecular weight is 375 g/mol. The van der Waals surface area contributed by atoms with Crippen LogP contribution in [0.15, 0.2) is 6.08 Å². The Labute approximate surface area is 160 Å². The maximum Gasteiger partial charge on any atom is 0.339 e. The molecular weight excluding hydrogens is 346 g/mol. The number of aromatic carboxylic acids is 1. The van der Waals surface area contributed by atoms with E-state index in [-0.39, 0.29) is 29.7 Å². The highest BCUT2D eigenvalue weighted by Gasteiger charge is 2.29. The van der Waals surface area contributed by atoms with Crippen LogP contribution in [0.2, 0.25) is 0 Å². The third-order valence-corrected chi connectivity index (χ3v) is 4.36. The van der Waals surface area contributed by atoms with Crippen LogP contribution in [-0.2, 0) is 9.53 Å². The van der Waals surface area contributed by atoms with Crippen molar-refractivity contribution in [3.8, 4) is 0 Å². The largest absolute Gasteiger partial charge is 0.478 e. The average Bonchev–Trinajstić information content (AvgIpc) is 2.50. The van der Waals surface area contributed by atoms with Gasteiger partial charge in [-0.2, -0.15) is 0 Å². The second kappa shape index (κ2) is 8.08. The summed E-state index contributed by atoms with van der Waals surface area (Å²) in [5, 5.41) is 12.4. The Hall–Kier alpha value is -2.41. The number of nitrogen functional groups attached to an aromatic ring is 1. The number of rotatable bonds is 7. The molecule has 0 saturated carbocycles. The molecule has 1 aliphatic carbocycles. The molecule has 4 N–H and O–H groups in total. The highest BCUT2D eigenvalue weighted by molar-refractivity contribution is 5.96. The first-order valence-corrected chi connectivity index (χ1v) is 9.14. The van der Waals surface area contributed by atoms with Gasteiger partial charge in [0.1, 0.15) is 5.56 Å². The SMILES string of the molecule is Cc1nc2c(c(N)c1C(=O)O)C(OCC(C)(C)NC(=O)CC(C)C)CC=C2. The fourth-order valence-corrected chi connectivity index (χ4v) is 3.22. The van der Waals surface area contributed by atoms with Crippen molar-refractivity contribution in [2.24, 2.45) is 5.92 Å². The monoisotopic (exact) mass is 375 g/mol. The summed E-state index contributed by atoms with van der Waals surface area (Å²) in [6.45, 7) is 9.67. The number of anilines is 1. The van der Waals surface area contributed by atoms with Crippen LogP contribution in [0.3, 0.4) is 0 Å². The van der Waals surface area contributed by atoms with Gasteiger partial charge in [0.15, 0.2) is 0 Å². The van der Waals surface area contributed by atoms with Gasteiger partial charge in [0, 0.05) is 12.0 Å². The lowest BCUT2D eigenvalue weighted by atomic mass is 9.93. The van der Waals surface area contributed by atoms with Gasteiger partial charge in [0.25, 0.3) is 0 Å². The molecule has 0 saturated heterocycles. The topological polar surface area (TPSA) is 115 Å². The number of pyridine rings is 1. The van der Waals surface area contributed by atoms with Crippen molar-refractivity contribution in [1.82, 2.24) is 10.3 Å². The lowest BCUT2D eigenvalue weighted by Crippen LogP contribution is -2.47. The highest BCUT2D eigenvalue weighted by atomic mass is 16.5. The van der Waals surface area contributed by atoms with Crippen molar-refractivity contribution < 1.29 is 19.4 Å². The van der Waals surface area contributed by atoms with E-state index in [0.717, 1.165) is 0 Å². The molecule has 1 aromatic heterocycles. The summed E-state index contributed by atoms with van der Waals surface area (Å²) >= 11 is 0. The number of fused-ring (bicyclic) bond motifs is 1. The number of nitrogens with zero attached hydrogens (tertiary/aromatic N) is 1. The van der Waals surface area contributed by atoms with Crippen LogP contribution in [0.4, 0.5) is 5.69 Å². The van der Waals surface area contributed by atoms with Gasteiger partial charge < -0.3 is 20.9 Å². The fraction of sp³-hybridized carbons (Fsp3) is 0.550. The Kier molecular flexibility index (Phi) is 6.26. The number of carbonyl (C=O) groups is 2. The summed E-state index contributed by atoms with van der Waals surface area (Å²) < 4.78 is 6.06. The predicted molar refractivity (Wildman–Crippen MR) is 104 cm³/mol. The van der Waals surface area contributed by atoms with Gasteiger partial charge >= 0.3 is 5.97 Å². The summed E-state index contributed by atoms with van der Waals surface area (Å²) in [6, 6.07) is 0. The highest BCUT2D eigenvalue weighted by Crippen LogP contribution is 2.37. The van der Waals surface area contributed by atoms with E-state index < -0.39 is 17.6 Å². The third kappa shape index (κ3) is 5.07. The molecule has 1 aromatic rings. The van der Waals surface area contributed by atoms with E-state index in [1.165, 1.54) is 0 Å². The molecule has 0 aromatic carbocycles. The number of nitrogens with one attached hydrogen (secondary N) is 1. The van der Waals surface area contributed by atoms with E-state index in [4.69, 9.17) is 10.5 Å². The van der Waals surface area contributed by atoms with Crippen LogP contribution in [-0.4, -0.2) is 34.1 Å². The number of carboxylic acids is 1. The standard InChI is InChI=1S/C20H29N3O4/c1-11(2)9-15(24)23-20(4,5)10-27-14-8-6-7-13-17(14)18(21)16(19(25)26)12(3)22-13/h6-7,11,14H,8-10H2,1-5H3,(H2,21,22)(H,23,24)(H,25,26). The molecule has 0 aliphatic heterocycles. The number of carbonyl (C=O) groups excluding carboxylic acids is 1. The maximum atomic E-state index is 12.1. The summed E-state index contributed by atoms with van der Waals surface area (Å²) in [5.74, 6) is -0.844. The molecule has 148 valence electrons. The smallest absolute Gasteiger partial charge is 0.339 e. The lowest BCUT2D eigenvalue weighted by Gasteiger charge is -2.31. The second-order valence-electron chi connectivity index (χ2n) is 8.06. The van der Waals surface area contributed by atoms with Gasteiger partial charge in [0.2, 0.25) is 5.91 Å². The summed E-state index contributed by atoms with van der Waals surface area (Å²) in [6.07, 6.45) is 4.38. The van der Waals surface area contributed by atoms with Gasteiger partial charge in [0.05, 0.1) is 35.3 Å². The van der Waals surface area contributed by atoms with Gasteiger partial charge in [-0.05, 0) is 39.2 Å². The number of nitrogens with two attached hydrogens (primary N) is 1. The molecule has 0 fully saturated rings. The van der Waals surface area contributed by atoms with E-state index >= 15 is 0 Å². The Balaban J connectivity index is 2.18. The summed E-state index contributed by atoms with van der Waals surface area (Å²) in [5.41, 5.74) is 7.43. The molecule has 7 heteroatoms. The molecule has 1 atom stereocenters. The van der Waals surface area contributed by atoms with Gasteiger partial charge in [-0.15, -0.1) is 0 Å². The zero-order valence-electron chi connectivity index (χ0n) is 16.6. The summed E-state index contributed by atoms with van der Waals surface area (Å²) in [4.78, 5) is 28.0. The molecule has 2 rings (SSSR count). The number of carboxylic acid groups (broad SMARTS) is 1. The number of aryl methyl sites for hydroxylation is 1. The predicted octanol–water partition coefficient (Wildman–Crippen LogP) is 3.09. The zero-order valence-corrected chi connectivity index (χ0v) is 16.6. The van der Waals surface area contributed by atoms with Crippen molar-refractivity contribution in [2.75, 3.05) is 12.3 Å². The molecule has 1 aliphatic rings. The third-order valence-electron chi connectivity index (χ3n) is 4.36. The lowest BCUT2D eigenvalue weighted by molar-refractivity contribution is -0.124. The Bertz CT molecular complexity index is 769. The minimum Gasteiger partial charge on any atom is -0.478 e. The van der Waals surface area contributed by atoms with E-state index in [2.05, 4.69) is 10.3 Å². The number of hydrogen-bond acceptors (Lipinski definition) is 5. The van der Waals surface area contributed by atoms with Gasteiger partial charge in [-0.1, -0.05) is 19.9 Å². The Morgan fingerprint density at radius 3 is 2.70 bits per heavy atom. The number of hydrogen-bond donors (Lipinski definition) is 3. The van der Waals surface area contributed by atoms with Crippen molar-refractivity contribution in [3.63, 3.8) is 0 Å². The molecule has 0 bridgehead atoms. The summed E-state index contributed by atoms with van der Waals surface area (Å²) in [7, 11) is 0. The van der Waals surface area contributed by atoms with Crippen LogP contribution in [0.25, 0.3) is 6.08 Å². The minimum atomic E-state index is -1.10. The number of amides is 1. The molecular formula is C20H29N3O4. The normalized spacial score (nSPS) is 16.3. The van der Waals surface area contributed by atoms with Crippen molar-refractivity contribution in [2.45, 2.75) is 59.1 Å². The van der Waals surface area contributed by atoms with Gasteiger partial charge in [-0.3, -0.25) is 9.78 Å². The van der Waals surface area contributed by atoms with E-state index in [9.17, 15) is 14.7 Å². The maximum absolute atomic E-state index is 12.1. The zero-order chi connectivity index (χ0) is 20.4. The number of aromatic nitrogens is 1. The molecule has 1 heterocycles. The fourth-order valence-electron chi connectivity index (χ4n) is 3.22. The first-order chi connectivity index (χ1) is 12.5. The Morgan fingerprint density at radius 1 is 1.44 bits per heavy atom. The van der Waals surface area contributed by atoms with Crippen molar-refractivity contribution >= 4 is 23.6 Å². The van der Waals surface area contributed by atoms with E-state index in [1.807, 2.05) is 39.8 Å². The molecule has 1 unspecified atom stereocenters. The van der Waals surface area contributed by atoms with Crippen LogP contribution in [0.1, 0.15) is 73.9 Å². The van der Waals surface area contributed by atoms with Gasteiger partial charge in [-0.25, -0.2) is 4.79 Å². The Morgan fingerprint density at radius 2 is 2.11 bits per heavy atom. The van der Waals surface area contributed by atoms with E-state index in [0.29, 0.717) is 29.8 Å². The van der Waals surface area contributed by atoms with E-state index in [1.54, 1.807) is 6.92 Å². The second-order valence-corrected chi connectivity index (χ2v) is 8.06. The molecule has 0 radical (unpaired) electrons.